The van der Waals surface area contributed by atoms with Crippen molar-refractivity contribution in [1.82, 2.24) is 0 Å². The molecule has 0 radical (unpaired) electrons. The lowest BCUT2D eigenvalue weighted by molar-refractivity contribution is -0.115. The molecular weight excluding hydrogens is 505 g/mol. The van der Waals surface area contributed by atoms with Crippen molar-refractivity contribution in [1.29, 1.82) is 0 Å². The molecule has 1 heterocycles. The minimum atomic E-state index is -0.312. The Labute approximate surface area is 197 Å². The average Bonchev–Trinajstić information content (AvgIpc) is 3.14. The number of hydrogen-bond acceptors (Lipinski definition) is 4. The summed E-state index contributed by atoms with van der Waals surface area (Å²) in [5.41, 5.74) is 2.39. The fourth-order valence-electron chi connectivity index (χ4n) is 3.36. The molecule has 160 valence electrons. The van der Waals surface area contributed by atoms with Gasteiger partial charge in [0.25, 0.3) is 0 Å². The molecule has 1 atom stereocenters. The van der Waals surface area contributed by atoms with Crippen LogP contribution in [-0.4, -0.2) is 18.8 Å². The molecule has 8 heteroatoms. The molecule has 0 unspecified atom stereocenters. The SMILES string of the molecule is COc1cc([C@H]2SCC(=O)N2c2ccc(Cl)cc2)cc(Br)c1OCc1cccc(F)c1. The number of hydrogen-bond donors (Lipinski definition) is 0. The summed E-state index contributed by atoms with van der Waals surface area (Å²) in [6, 6.07) is 17.2. The number of benzene rings is 3. The summed E-state index contributed by atoms with van der Waals surface area (Å²) in [4.78, 5) is 14.4. The third kappa shape index (κ3) is 4.84. The van der Waals surface area contributed by atoms with E-state index in [1.54, 1.807) is 48.0 Å². The lowest BCUT2D eigenvalue weighted by Gasteiger charge is -2.25. The second kappa shape index (κ2) is 9.51. The first-order valence-corrected chi connectivity index (χ1v) is 11.6. The van der Waals surface area contributed by atoms with Crippen molar-refractivity contribution in [3.05, 3.63) is 87.1 Å². The van der Waals surface area contributed by atoms with Crippen LogP contribution in [0.15, 0.2) is 65.1 Å². The van der Waals surface area contributed by atoms with Crippen molar-refractivity contribution in [3.8, 4) is 11.5 Å². The summed E-state index contributed by atoms with van der Waals surface area (Å²) < 4.78 is 25.6. The van der Waals surface area contributed by atoms with Gasteiger partial charge < -0.3 is 9.47 Å². The van der Waals surface area contributed by atoms with Crippen molar-refractivity contribution in [3.63, 3.8) is 0 Å². The van der Waals surface area contributed by atoms with E-state index in [1.165, 1.54) is 12.1 Å². The van der Waals surface area contributed by atoms with Crippen LogP contribution in [0.2, 0.25) is 5.02 Å². The van der Waals surface area contributed by atoms with Crippen LogP contribution in [0.5, 0.6) is 11.5 Å². The summed E-state index contributed by atoms with van der Waals surface area (Å²) in [6.45, 7) is 0.194. The minimum absolute atomic E-state index is 0.0267. The zero-order chi connectivity index (χ0) is 22.0. The van der Waals surface area contributed by atoms with E-state index in [2.05, 4.69) is 15.9 Å². The molecule has 3 aromatic rings. The van der Waals surface area contributed by atoms with Gasteiger partial charge in [0.15, 0.2) is 11.5 Å². The van der Waals surface area contributed by atoms with Crippen molar-refractivity contribution < 1.29 is 18.7 Å². The van der Waals surface area contributed by atoms with E-state index in [1.807, 2.05) is 24.3 Å². The largest absolute Gasteiger partial charge is 0.493 e. The number of amides is 1. The van der Waals surface area contributed by atoms with Gasteiger partial charge in [-0.3, -0.25) is 9.69 Å². The number of carbonyl (C=O) groups is 1. The molecule has 4 rings (SSSR count). The maximum atomic E-state index is 13.4. The van der Waals surface area contributed by atoms with Gasteiger partial charge >= 0.3 is 0 Å². The molecule has 1 saturated heterocycles. The fourth-order valence-corrected chi connectivity index (χ4v) is 5.21. The molecule has 0 saturated carbocycles. The Morgan fingerprint density at radius 1 is 1.19 bits per heavy atom. The quantitative estimate of drug-likeness (QED) is 0.365. The van der Waals surface area contributed by atoms with Gasteiger partial charge in [-0.1, -0.05) is 23.7 Å². The molecule has 0 aliphatic carbocycles. The van der Waals surface area contributed by atoms with E-state index in [4.69, 9.17) is 21.1 Å². The van der Waals surface area contributed by atoms with Crippen molar-refractivity contribution >= 4 is 50.9 Å². The molecule has 0 spiro atoms. The second-order valence-corrected chi connectivity index (χ2v) is 9.22. The monoisotopic (exact) mass is 521 g/mol. The minimum Gasteiger partial charge on any atom is -0.493 e. The van der Waals surface area contributed by atoms with Gasteiger partial charge in [0.2, 0.25) is 5.91 Å². The zero-order valence-electron chi connectivity index (χ0n) is 16.5. The van der Waals surface area contributed by atoms with Crippen molar-refractivity contribution in [2.75, 3.05) is 17.8 Å². The Bertz CT molecular complexity index is 1110. The van der Waals surface area contributed by atoms with Gasteiger partial charge in [0, 0.05) is 10.7 Å². The lowest BCUT2D eigenvalue weighted by atomic mass is 10.1. The number of halogens is 3. The van der Waals surface area contributed by atoms with Crippen LogP contribution >= 0.6 is 39.3 Å². The van der Waals surface area contributed by atoms with E-state index in [-0.39, 0.29) is 23.7 Å². The Morgan fingerprint density at radius 2 is 1.97 bits per heavy atom. The number of rotatable bonds is 6. The zero-order valence-corrected chi connectivity index (χ0v) is 19.6. The molecule has 0 N–H and O–H groups in total. The summed E-state index contributed by atoms with van der Waals surface area (Å²) in [7, 11) is 1.56. The smallest absolute Gasteiger partial charge is 0.238 e. The molecule has 4 nitrogen and oxygen atoms in total. The highest BCUT2D eigenvalue weighted by Crippen LogP contribution is 2.46. The molecular formula is C23H18BrClFNO3S. The van der Waals surface area contributed by atoms with E-state index >= 15 is 0 Å². The Hall–Kier alpha value is -2.22. The van der Waals surface area contributed by atoms with Crippen LogP contribution in [0.4, 0.5) is 10.1 Å². The summed E-state index contributed by atoms with van der Waals surface area (Å²) in [5, 5.41) is 0.403. The number of methoxy groups -OCH3 is 1. The third-order valence-electron chi connectivity index (χ3n) is 4.78. The van der Waals surface area contributed by atoms with E-state index in [0.717, 1.165) is 11.3 Å². The normalized spacial score (nSPS) is 15.9. The van der Waals surface area contributed by atoms with Gasteiger partial charge in [-0.05, 0) is 75.6 Å². The summed E-state index contributed by atoms with van der Waals surface area (Å²) >= 11 is 11.1. The molecule has 31 heavy (non-hydrogen) atoms. The van der Waals surface area contributed by atoms with E-state index in [9.17, 15) is 9.18 Å². The molecule has 0 bridgehead atoms. The predicted octanol–water partition coefficient (Wildman–Crippen LogP) is 6.61. The van der Waals surface area contributed by atoms with Crippen molar-refractivity contribution in [2.24, 2.45) is 0 Å². The summed E-state index contributed by atoms with van der Waals surface area (Å²) in [5.74, 6) is 1.14. The highest BCUT2D eigenvalue weighted by Gasteiger charge is 2.35. The topological polar surface area (TPSA) is 38.8 Å². The third-order valence-corrected chi connectivity index (χ3v) is 6.84. The van der Waals surface area contributed by atoms with Crippen LogP contribution < -0.4 is 14.4 Å². The second-order valence-electron chi connectivity index (χ2n) is 6.86. The first kappa shape index (κ1) is 22.0. The van der Waals surface area contributed by atoms with Gasteiger partial charge in [-0.15, -0.1) is 11.8 Å². The van der Waals surface area contributed by atoms with Gasteiger partial charge in [0.1, 0.15) is 17.8 Å². The lowest BCUT2D eigenvalue weighted by Crippen LogP contribution is -2.27. The molecule has 1 amide bonds. The highest BCUT2D eigenvalue weighted by molar-refractivity contribution is 9.10. The number of thioether (sulfide) groups is 1. The van der Waals surface area contributed by atoms with Crippen LogP contribution in [0, 0.1) is 5.82 Å². The molecule has 1 fully saturated rings. The number of ether oxygens (including phenoxy) is 2. The van der Waals surface area contributed by atoms with Crippen LogP contribution in [0.25, 0.3) is 0 Å². The summed E-state index contributed by atoms with van der Waals surface area (Å²) in [6.07, 6.45) is 0. The fraction of sp³-hybridized carbons (Fsp3) is 0.174. The number of anilines is 1. The molecule has 3 aromatic carbocycles. The van der Waals surface area contributed by atoms with E-state index in [0.29, 0.717) is 32.3 Å². The molecule has 1 aliphatic heterocycles. The first-order chi connectivity index (χ1) is 15.0. The molecule has 1 aliphatic rings. The maximum absolute atomic E-state index is 13.4. The van der Waals surface area contributed by atoms with Gasteiger partial charge in [-0.25, -0.2) is 4.39 Å². The van der Waals surface area contributed by atoms with Crippen LogP contribution in [0.3, 0.4) is 0 Å². The first-order valence-electron chi connectivity index (χ1n) is 9.40. The highest BCUT2D eigenvalue weighted by atomic mass is 79.9. The van der Waals surface area contributed by atoms with Gasteiger partial charge in [0.05, 0.1) is 17.3 Å². The van der Waals surface area contributed by atoms with Crippen LogP contribution in [-0.2, 0) is 11.4 Å². The Morgan fingerprint density at radius 3 is 2.68 bits per heavy atom. The van der Waals surface area contributed by atoms with Crippen LogP contribution in [0.1, 0.15) is 16.5 Å². The van der Waals surface area contributed by atoms with Crippen molar-refractivity contribution in [2.45, 2.75) is 12.0 Å². The van der Waals surface area contributed by atoms with Gasteiger partial charge in [-0.2, -0.15) is 0 Å². The number of nitrogens with zero attached hydrogens (tertiary/aromatic N) is 1. The predicted molar refractivity (Wildman–Crippen MR) is 126 cm³/mol. The average molecular weight is 523 g/mol. The Balaban J connectivity index is 1.62. The van der Waals surface area contributed by atoms with E-state index < -0.39 is 0 Å². The molecule has 0 aromatic heterocycles. The standard InChI is InChI=1S/C23H18BrClFNO3S/c1-29-20-11-15(10-19(24)22(20)30-12-14-3-2-4-17(26)9-14)23-27(21(28)13-31-23)18-7-5-16(25)6-8-18/h2-11,23H,12-13H2,1H3/t23-/m1/s1. The number of carbonyl (C=O) groups excluding carboxylic acids is 1. The maximum Gasteiger partial charge on any atom is 0.238 e. The Kier molecular flexibility index (Phi) is 6.74.